The number of halogens is 2. The van der Waals surface area contributed by atoms with Crippen LogP contribution >= 0.6 is 0 Å². The van der Waals surface area contributed by atoms with Crippen molar-refractivity contribution in [2.24, 2.45) is 0 Å². The van der Waals surface area contributed by atoms with Crippen LogP contribution in [0.1, 0.15) is 0 Å². The third-order valence-corrected chi connectivity index (χ3v) is 4.39. The zero-order chi connectivity index (χ0) is 17.9. The quantitative estimate of drug-likeness (QED) is 0.715. The molecule has 0 aliphatic carbocycles. The Morgan fingerprint density at radius 3 is 1.96 bits per heavy atom. The Balaban J connectivity index is 1.90. The van der Waals surface area contributed by atoms with Crippen molar-refractivity contribution in [1.29, 1.82) is 0 Å². The summed E-state index contributed by atoms with van der Waals surface area (Å²) in [5.74, 6) is 0.163. The van der Waals surface area contributed by atoms with Crippen molar-refractivity contribution in [2.75, 3.05) is 31.2 Å². The molecule has 6 heteroatoms. The van der Waals surface area contributed by atoms with Crippen LogP contribution in [-0.4, -0.2) is 36.3 Å². The first-order chi connectivity index (χ1) is 12.7. The van der Waals surface area contributed by atoms with Gasteiger partial charge in [-0.05, 0) is 42.0 Å². The van der Waals surface area contributed by atoms with E-state index in [1.807, 2.05) is 0 Å². The molecule has 1 aliphatic rings. The first-order valence-electron chi connectivity index (χ1n) is 8.42. The van der Waals surface area contributed by atoms with Crippen LogP contribution in [0.4, 0.5) is 14.6 Å². The first-order valence-corrected chi connectivity index (χ1v) is 8.42. The van der Waals surface area contributed by atoms with E-state index < -0.39 is 0 Å². The third-order valence-electron chi connectivity index (χ3n) is 4.39. The van der Waals surface area contributed by atoms with Gasteiger partial charge in [0.15, 0.2) is 0 Å². The molecule has 0 atom stereocenters. The molecule has 0 unspecified atom stereocenters. The van der Waals surface area contributed by atoms with E-state index in [1.54, 1.807) is 24.3 Å². The van der Waals surface area contributed by atoms with Gasteiger partial charge in [0, 0.05) is 18.7 Å². The minimum absolute atomic E-state index is 0.304. The fourth-order valence-corrected chi connectivity index (χ4v) is 3.10. The summed E-state index contributed by atoms with van der Waals surface area (Å²) in [5, 5.41) is 0. The van der Waals surface area contributed by atoms with Crippen LogP contribution in [-0.2, 0) is 4.74 Å². The van der Waals surface area contributed by atoms with E-state index in [0.29, 0.717) is 32.0 Å². The summed E-state index contributed by atoms with van der Waals surface area (Å²) in [6, 6.07) is 12.4. The minimum Gasteiger partial charge on any atom is -0.378 e. The number of hydrogen-bond donors (Lipinski definition) is 0. The highest BCUT2D eigenvalue weighted by Gasteiger charge is 2.21. The van der Waals surface area contributed by atoms with Crippen molar-refractivity contribution in [3.8, 4) is 22.4 Å². The maximum Gasteiger partial charge on any atom is 0.140 e. The van der Waals surface area contributed by atoms with Crippen LogP contribution in [0.2, 0.25) is 0 Å². The number of anilines is 1. The van der Waals surface area contributed by atoms with Crippen LogP contribution in [0, 0.1) is 11.6 Å². The van der Waals surface area contributed by atoms with Gasteiger partial charge in [-0.1, -0.05) is 12.1 Å². The van der Waals surface area contributed by atoms with Crippen LogP contribution < -0.4 is 4.90 Å². The predicted molar refractivity (Wildman–Crippen MR) is 95.9 cm³/mol. The number of morpholine rings is 1. The second-order valence-corrected chi connectivity index (χ2v) is 6.03. The molecule has 0 amide bonds. The number of hydrogen-bond acceptors (Lipinski definition) is 4. The van der Waals surface area contributed by atoms with Crippen molar-refractivity contribution in [2.45, 2.75) is 0 Å². The van der Waals surface area contributed by atoms with Gasteiger partial charge in [0.05, 0.1) is 24.5 Å². The zero-order valence-corrected chi connectivity index (χ0v) is 14.0. The van der Waals surface area contributed by atoms with Gasteiger partial charge in [0.25, 0.3) is 0 Å². The van der Waals surface area contributed by atoms with Gasteiger partial charge in [0.2, 0.25) is 0 Å². The zero-order valence-electron chi connectivity index (χ0n) is 14.0. The molecule has 1 saturated heterocycles. The molecule has 0 radical (unpaired) electrons. The molecule has 1 fully saturated rings. The van der Waals surface area contributed by atoms with Crippen LogP contribution in [0.3, 0.4) is 0 Å². The van der Waals surface area contributed by atoms with Crippen molar-refractivity contribution in [3.05, 3.63) is 66.5 Å². The summed E-state index contributed by atoms with van der Waals surface area (Å²) < 4.78 is 32.2. The largest absolute Gasteiger partial charge is 0.378 e. The SMILES string of the molecule is Fc1ccc(-c2ncnc(N3CCOCC3)c2-c2ccc(F)cc2)cc1. The van der Waals surface area contributed by atoms with Gasteiger partial charge in [-0.25, -0.2) is 18.7 Å². The molecular formula is C20H17F2N3O. The number of benzene rings is 2. The standard InChI is InChI=1S/C20H17F2N3O/c21-16-5-1-14(2-6-16)18-19(15-3-7-17(22)8-4-15)23-13-24-20(18)25-9-11-26-12-10-25/h1-8,13H,9-12H2. The molecule has 1 aliphatic heterocycles. The fourth-order valence-electron chi connectivity index (χ4n) is 3.10. The van der Waals surface area contributed by atoms with Gasteiger partial charge in [-0.15, -0.1) is 0 Å². The Morgan fingerprint density at radius 2 is 1.35 bits per heavy atom. The molecule has 132 valence electrons. The lowest BCUT2D eigenvalue weighted by Gasteiger charge is -2.30. The topological polar surface area (TPSA) is 38.2 Å². The first kappa shape index (κ1) is 16.6. The van der Waals surface area contributed by atoms with Crippen molar-refractivity contribution in [3.63, 3.8) is 0 Å². The Hall–Kier alpha value is -2.86. The van der Waals surface area contributed by atoms with Crippen LogP contribution in [0.25, 0.3) is 22.4 Å². The van der Waals surface area contributed by atoms with Gasteiger partial charge in [-0.2, -0.15) is 0 Å². The van der Waals surface area contributed by atoms with E-state index in [4.69, 9.17) is 4.74 Å². The normalized spacial score (nSPS) is 14.5. The Bertz CT molecular complexity index is 892. The number of aromatic nitrogens is 2. The summed E-state index contributed by atoms with van der Waals surface area (Å²) in [5.41, 5.74) is 3.09. The third kappa shape index (κ3) is 3.28. The fraction of sp³-hybridized carbons (Fsp3) is 0.200. The summed E-state index contributed by atoms with van der Waals surface area (Å²) in [4.78, 5) is 11.1. The average Bonchev–Trinajstić information content (AvgIpc) is 2.69. The number of nitrogens with zero attached hydrogens (tertiary/aromatic N) is 3. The van der Waals surface area contributed by atoms with Gasteiger partial charge in [-0.3, -0.25) is 0 Å². The maximum atomic E-state index is 13.4. The average molecular weight is 353 g/mol. The molecule has 0 spiro atoms. The highest BCUT2D eigenvalue weighted by Crippen LogP contribution is 2.37. The lowest BCUT2D eigenvalue weighted by atomic mass is 9.99. The summed E-state index contributed by atoms with van der Waals surface area (Å²) >= 11 is 0. The summed E-state index contributed by atoms with van der Waals surface area (Å²) in [6.07, 6.45) is 1.51. The van der Waals surface area contributed by atoms with Crippen LogP contribution in [0.15, 0.2) is 54.9 Å². The highest BCUT2D eigenvalue weighted by atomic mass is 19.1. The minimum atomic E-state index is -0.306. The van der Waals surface area contributed by atoms with Gasteiger partial charge < -0.3 is 9.64 Å². The Labute approximate surface area is 150 Å². The Kier molecular flexibility index (Phi) is 4.58. The second-order valence-electron chi connectivity index (χ2n) is 6.03. The molecule has 4 rings (SSSR count). The lowest BCUT2D eigenvalue weighted by Crippen LogP contribution is -2.37. The Morgan fingerprint density at radius 1 is 0.769 bits per heavy atom. The van der Waals surface area contributed by atoms with Gasteiger partial charge >= 0.3 is 0 Å². The maximum absolute atomic E-state index is 13.4. The van der Waals surface area contributed by atoms with Gasteiger partial charge in [0.1, 0.15) is 23.8 Å². The molecule has 4 nitrogen and oxygen atoms in total. The van der Waals surface area contributed by atoms with E-state index in [-0.39, 0.29) is 11.6 Å². The summed E-state index contributed by atoms with van der Waals surface area (Å²) in [6.45, 7) is 2.68. The predicted octanol–water partition coefficient (Wildman–Crippen LogP) is 3.93. The van der Waals surface area contributed by atoms with Crippen molar-refractivity contribution < 1.29 is 13.5 Å². The van der Waals surface area contributed by atoms with E-state index in [2.05, 4.69) is 14.9 Å². The van der Waals surface area contributed by atoms with E-state index in [9.17, 15) is 8.78 Å². The van der Waals surface area contributed by atoms with E-state index >= 15 is 0 Å². The highest BCUT2D eigenvalue weighted by molar-refractivity contribution is 5.88. The molecule has 0 bridgehead atoms. The second kappa shape index (κ2) is 7.17. The van der Waals surface area contributed by atoms with Crippen molar-refractivity contribution in [1.82, 2.24) is 9.97 Å². The molecule has 0 N–H and O–H groups in total. The monoisotopic (exact) mass is 353 g/mol. The molecule has 2 heterocycles. The summed E-state index contributed by atoms with van der Waals surface area (Å²) in [7, 11) is 0. The molecule has 0 saturated carbocycles. The molecule has 2 aromatic carbocycles. The van der Waals surface area contributed by atoms with E-state index in [0.717, 1.165) is 22.5 Å². The smallest absolute Gasteiger partial charge is 0.140 e. The van der Waals surface area contributed by atoms with Crippen molar-refractivity contribution >= 4 is 5.82 Å². The lowest BCUT2D eigenvalue weighted by molar-refractivity contribution is 0.122. The molecular weight excluding hydrogens is 336 g/mol. The molecule has 3 aromatic rings. The van der Waals surface area contributed by atoms with Crippen LogP contribution in [0.5, 0.6) is 0 Å². The molecule has 26 heavy (non-hydrogen) atoms. The number of rotatable bonds is 3. The molecule has 1 aromatic heterocycles. The van der Waals surface area contributed by atoms with E-state index in [1.165, 1.54) is 30.6 Å². The number of ether oxygens (including phenoxy) is 1.